The third-order valence-corrected chi connectivity index (χ3v) is 9.09. The number of rotatable bonds is 8. The summed E-state index contributed by atoms with van der Waals surface area (Å²) >= 11 is 0. The molecule has 0 amide bonds. The Morgan fingerprint density at radius 3 is 2.28 bits per heavy atom. The van der Waals surface area contributed by atoms with Crippen molar-refractivity contribution in [3.05, 3.63) is 0 Å². The molecule has 166 valence electrons. The number of hydrogen-bond donors (Lipinski definition) is 0. The normalized spacial score (nSPS) is 40.7. The van der Waals surface area contributed by atoms with Gasteiger partial charge in [0.25, 0.3) is 0 Å². The van der Waals surface area contributed by atoms with Crippen LogP contribution in [0.3, 0.4) is 0 Å². The van der Waals surface area contributed by atoms with Gasteiger partial charge in [-0.25, -0.2) is 0 Å². The van der Waals surface area contributed by atoms with Gasteiger partial charge in [0.15, 0.2) is 0 Å². The Labute approximate surface area is 178 Å². The fraction of sp³-hybridized carbons (Fsp3) is 0.962. The van der Waals surface area contributed by atoms with E-state index in [1.165, 1.54) is 32.1 Å². The first-order chi connectivity index (χ1) is 13.6. The first kappa shape index (κ1) is 21.7. The largest absolute Gasteiger partial charge is 0.435 e. The molecule has 3 nitrogen and oxygen atoms in total. The molecule has 0 radical (unpaired) electrons. The van der Waals surface area contributed by atoms with Gasteiger partial charge in [-0.1, -0.05) is 41.0 Å². The summed E-state index contributed by atoms with van der Waals surface area (Å²) in [6, 6.07) is 0. The number of hydrogen-bond acceptors (Lipinski definition) is 3. The number of carbonyl (C=O) groups is 1. The molecule has 0 spiro atoms. The fourth-order valence-corrected chi connectivity index (χ4v) is 7.71. The van der Waals surface area contributed by atoms with E-state index in [4.69, 9.17) is 9.47 Å². The summed E-state index contributed by atoms with van der Waals surface area (Å²) in [7, 11) is 0. The van der Waals surface area contributed by atoms with Gasteiger partial charge in [-0.15, -0.1) is 0 Å². The van der Waals surface area contributed by atoms with Crippen molar-refractivity contribution in [2.45, 2.75) is 112 Å². The number of fused-ring (bicyclic) bond motifs is 9. The number of carbonyl (C=O) groups excluding carboxylic acids is 1. The van der Waals surface area contributed by atoms with Crippen LogP contribution in [0.4, 0.5) is 0 Å². The van der Waals surface area contributed by atoms with Crippen LogP contribution in [0.25, 0.3) is 0 Å². The zero-order valence-electron chi connectivity index (χ0n) is 19.7. The molecule has 9 atom stereocenters. The van der Waals surface area contributed by atoms with Gasteiger partial charge in [0, 0.05) is 6.42 Å². The van der Waals surface area contributed by atoms with Crippen LogP contribution < -0.4 is 0 Å². The van der Waals surface area contributed by atoms with Crippen molar-refractivity contribution in [2.24, 2.45) is 46.3 Å². The molecule has 4 saturated carbocycles. The molecule has 0 N–H and O–H groups in total. The van der Waals surface area contributed by atoms with Crippen molar-refractivity contribution in [3.63, 3.8) is 0 Å². The average Bonchev–Trinajstić information content (AvgIpc) is 3.39. The Morgan fingerprint density at radius 2 is 1.66 bits per heavy atom. The molecule has 3 heteroatoms. The summed E-state index contributed by atoms with van der Waals surface area (Å²) < 4.78 is 12.8. The molecular formula is C26H44O3. The topological polar surface area (TPSA) is 35.5 Å². The van der Waals surface area contributed by atoms with E-state index in [0.717, 1.165) is 61.2 Å². The van der Waals surface area contributed by atoms with Crippen molar-refractivity contribution in [1.29, 1.82) is 0 Å². The number of esters is 1. The van der Waals surface area contributed by atoms with Crippen molar-refractivity contribution in [1.82, 2.24) is 0 Å². The number of ether oxygens (including phenoxy) is 2. The lowest BCUT2D eigenvalue weighted by atomic mass is 9.70. The molecule has 4 fully saturated rings. The van der Waals surface area contributed by atoms with Crippen LogP contribution in [-0.2, 0) is 14.3 Å². The highest BCUT2D eigenvalue weighted by Gasteiger charge is 2.62. The van der Waals surface area contributed by atoms with Gasteiger partial charge in [-0.3, -0.25) is 4.79 Å². The molecule has 0 heterocycles. The summed E-state index contributed by atoms with van der Waals surface area (Å²) in [5.74, 6) is 5.41. The van der Waals surface area contributed by atoms with E-state index in [2.05, 4.69) is 41.5 Å². The summed E-state index contributed by atoms with van der Waals surface area (Å²) in [6.45, 7) is 13.0. The monoisotopic (exact) mass is 404 g/mol. The Morgan fingerprint density at radius 1 is 0.966 bits per heavy atom. The minimum atomic E-state index is -0.397. The third kappa shape index (κ3) is 4.02. The molecule has 0 aromatic rings. The predicted octanol–water partition coefficient (Wildman–Crippen LogP) is 6.60. The maximum atomic E-state index is 13.1. The summed E-state index contributed by atoms with van der Waals surface area (Å²) in [6.07, 6.45) is 10.4. The van der Waals surface area contributed by atoms with E-state index in [9.17, 15) is 4.79 Å². The van der Waals surface area contributed by atoms with Crippen LogP contribution in [0.2, 0.25) is 0 Å². The van der Waals surface area contributed by atoms with Gasteiger partial charge in [-0.2, -0.15) is 0 Å². The second-order valence-corrected chi connectivity index (χ2v) is 12.3. The van der Waals surface area contributed by atoms with E-state index in [1.807, 2.05) is 0 Å². The lowest BCUT2D eigenvalue weighted by Crippen LogP contribution is -2.41. The molecular weight excluding hydrogens is 360 g/mol. The second kappa shape index (κ2) is 7.84. The minimum Gasteiger partial charge on any atom is -0.435 e. The van der Waals surface area contributed by atoms with Gasteiger partial charge in [0.05, 0.1) is 11.5 Å². The third-order valence-electron chi connectivity index (χ3n) is 9.09. The van der Waals surface area contributed by atoms with Crippen molar-refractivity contribution >= 4 is 5.97 Å². The Hall–Kier alpha value is -0.570. The van der Waals surface area contributed by atoms with E-state index >= 15 is 0 Å². The SMILES string of the molecule is CCCC(C)(CC)C(=O)OC(CC(C)(C)C)OC1CC2CC1C1C3CCC(C3)C21. The van der Waals surface area contributed by atoms with Crippen LogP contribution in [0.5, 0.6) is 0 Å². The van der Waals surface area contributed by atoms with E-state index in [1.54, 1.807) is 0 Å². The maximum absolute atomic E-state index is 13.1. The highest BCUT2D eigenvalue weighted by molar-refractivity contribution is 5.76. The minimum absolute atomic E-state index is 0.0583. The molecule has 0 aromatic carbocycles. The second-order valence-electron chi connectivity index (χ2n) is 12.3. The van der Waals surface area contributed by atoms with Gasteiger partial charge in [-0.05, 0) is 92.8 Å². The molecule has 29 heavy (non-hydrogen) atoms. The Bertz CT molecular complexity index is 608. The quantitative estimate of drug-likeness (QED) is 0.260. The molecule has 0 aliphatic heterocycles. The summed E-state index contributed by atoms with van der Waals surface area (Å²) in [5, 5.41) is 0. The van der Waals surface area contributed by atoms with E-state index in [0.29, 0.717) is 6.10 Å². The Kier molecular flexibility index (Phi) is 5.86. The van der Waals surface area contributed by atoms with Gasteiger partial charge in [0.1, 0.15) is 0 Å². The molecule has 0 saturated heterocycles. The zero-order chi connectivity index (χ0) is 21.0. The van der Waals surface area contributed by atoms with E-state index < -0.39 is 11.7 Å². The first-order valence-electron chi connectivity index (χ1n) is 12.5. The van der Waals surface area contributed by atoms with E-state index in [-0.39, 0.29) is 11.4 Å². The van der Waals surface area contributed by atoms with Gasteiger partial charge in [0.2, 0.25) is 6.29 Å². The lowest BCUT2D eigenvalue weighted by molar-refractivity contribution is -0.214. The molecule has 4 bridgehead atoms. The van der Waals surface area contributed by atoms with Gasteiger partial charge >= 0.3 is 5.97 Å². The lowest BCUT2D eigenvalue weighted by Gasteiger charge is -2.40. The van der Waals surface area contributed by atoms with Crippen LogP contribution >= 0.6 is 0 Å². The van der Waals surface area contributed by atoms with Gasteiger partial charge < -0.3 is 9.47 Å². The summed E-state index contributed by atoms with van der Waals surface area (Å²) in [4.78, 5) is 13.1. The van der Waals surface area contributed by atoms with Crippen molar-refractivity contribution < 1.29 is 14.3 Å². The molecule has 9 unspecified atom stereocenters. The maximum Gasteiger partial charge on any atom is 0.314 e. The molecule has 4 aliphatic rings. The Balaban J connectivity index is 1.44. The zero-order valence-corrected chi connectivity index (χ0v) is 19.7. The highest BCUT2D eigenvalue weighted by atomic mass is 16.7. The molecule has 0 aromatic heterocycles. The fourth-order valence-electron chi connectivity index (χ4n) is 7.71. The van der Waals surface area contributed by atoms with Crippen LogP contribution in [0, 0.1) is 46.3 Å². The summed E-state index contributed by atoms with van der Waals surface area (Å²) in [5.41, 5.74) is -0.316. The molecule has 4 rings (SSSR count). The highest BCUT2D eigenvalue weighted by Crippen LogP contribution is 2.67. The first-order valence-corrected chi connectivity index (χ1v) is 12.5. The van der Waals surface area contributed by atoms with Crippen LogP contribution in [0.1, 0.15) is 99.3 Å². The standard InChI is InChI=1S/C26H44O3/c1-7-11-26(6,8-2)24(27)29-21(15-25(3,4)5)28-20-14-18-13-19(20)23-17-10-9-16(12-17)22(18)23/h16-23H,7-15H2,1-6H3. The molecule has 4 aliphatic carbocycles. The average molecular weight is 405 g/mol. The predicted molar refractivity (Wildman–Crippen MR) is 116 cm³/mol. The van der Waals surface area contributed by atoms with Crippen LogP contribution in [0.15, 0.2) is 0 Å². The van der Waals surface area contributed by atoms with Crippen molar-refractivity contribution in [2.75, 3.05) is 0 Å². The smallest absolute Gasteiger partial charge is 0.314 e. The van der Waals surface area contributed by atoms with Crippen LogP contribution in [-0.4, -0.2) is 18.4 Å². The van der Waals surface area contributed by atoms with Crippen molar-refractivity contribution in [3.8, 4) is 0 Å².